The molecule has 0 atom stereocenters. The van der Waals surface area contributed by atoms with Crippen molar-refractivity contribution in [1.82, 2.24) is 4.90 Å². The summed E-state index contributed by atoms with van der Waals surface area (Å²) in [7, 11) is 1.66. The van der Waals surface area contributed by atoms with E-state index < -0.39 is 5.91 Å². The molecular formula is C21H27FN2O4. The molecule has 0 unspecified atom stereocenters. The Labute approximate surface area is 165 Å². The van der Waals surface area contributed by atoms with E-state index in [9.17, 15) is 9.18 Å². The fourth-order valence-electron chi connectivity index (χ4n) is 2.60. The number of primary amides is 1. The number of hydrogen-bond donors (Lipinski definition) is 1. The zero-order valence-electron chi connectivity index (χ0n) is 16.1. The van der Waals surface area contributed by atoms with Gasteiger partial charge in [0.15, 0.2) is 11.6 Å². The second-order valence-electron chi connectivity index (χ2n) is 6.20. The number of hydrogen-bond acceptors (Lipinski definition) is 5. The average molecular weight is 390 g/mol. The monoisotopic (exact) mass is 390 g/mol. The van der Waals surface area contributed by atoms with E-state index in [4.69, 9.17) is 19.9 Å². The minimum atomic E-state index is -0.460. The average Bonchev–Trinajstić information content (AvgIpc) is 2.70. The van der Waals surface area contributed by atoms with Crippen LogP contribution >= 0.6 is 0 Å². The SMILES string of the molecule is COCCN(CCCOc1ccc(C(N)=O)cc1)CCOc1ccccc1F. The topological polar surface area (TPSA) is 74.0 Å². The third-order valence-corrected chi connectivity index (χ3v) is 4.14. The number of methoxy groups -OCH3 is 1. The summed E-state index contributed by atoms with van der Waals surface area (Å²) in [5, 5.41) is 0. The van der Waals surface area contributed by atoms with Crippen molar-refractivity contribution in [3.63, 3.8) is 0 Å². The van der Waals surface area contributed by atoms with Gasteiger partial charge in [-0.05, 0) is 42.8 Å². The predicted molar refractivity (Wildman–Crippen MR) is 105 cm³/mol. The van der Waals surface area contributed by atoms with Crippen LogP contribution in [0.4, 0.5) is 4.39 Å². The highest BCUT2D eigenvalue weighted by Crippen LogP contribution is 2.15. The van der Waals surface area contributed by atoms with Crippen molar-refractivity contribution in [2.75, 3.05) is 46.6 Å². The highest BCUT2D eigenvalue weighted by molar-refractivity contribution is 5.92. The van der Waals surface area contributed by atoms with Crippen molar-refractivity contribution in [1.29, 1.82) is 0 Å². The van der Waals surface area contributed by atoms with Crippen molar-refractivity contribution >= 4 is 5.91 Å². The van der Waals surface area contributed by atoms with Gasteiger partial charge in [-0.2, -0.15) is 0 Å². The van der Waals surface area contributed by atoms with E-state index in [0.717, 1.165) is 19.5 Å². The molecule has 0 bridgehead atoms. The standard InChI is InChI=1S/C21H27FN2O4/c1-26-15-12-24(13-16-28-20-6-3-2-5-19(20)22)11-4-14-27-18-9-7-17(8-10-18)21(23)25/h2-3,5-10H,4,11-16H2,1H3,(H2,23,25). The van der Waals surface area contributed by atoms with E-state index in [1.807, 2.05) is 0 Å². The molecule has 0 aromatic heterocycles. The van der Waals surface area contributed by atoms with E-state index >= 15 is 0 Å². The minimum absolute atomic E-state index is 0.261. The molecule has 2 aromatic carbocycles. The highest BCUT2D eigenvalue weighted by atomic mass is 19.1. The third-order valence-electron chi connectivity index (χ3n) is 4.14. The van der Waals surface area contributed by atoms with Crippen LogP contribution in [-0.2, 0) is 4.74 Å². The summed E-state index contributed by atoms with van der Waals surface area (Å²) in [4.78, 5) is 13.2. The number of nitrogens with two attached hydrogens (primary N) is 1. The molecule has 1 amide bonds. The van der Waals surface area contributed by atoms with Crippen LogP contribution < -0.4 is 15.2 Å². The summed E-state index contributed by atoms with van der Waals surface area (Å²) in [6.45, 7) is 3.74. The highest BCUT2D eigenvalue weighted by Gasteiger charge is 2.07. The Morgan fingerprint density at radius 2 is 1.68 bits per heavy atom. The lowest BCUT2D eigenvalue weighted by atomic mass is 10.2. The van der Waals surface area contributed by atoms with Gasteiger partial charge in [-0.3, -0.25) is 9.69 Å². The minimum Gasteiger partial charge on any atom is -0.494 e. The van der Waals surface area contributed by atoms with E-state index in [-0.39, 0.29) is 11.6 Å². The molecule has 28 heavy (non-hydrogen) atoms. The Bertz CT molecular complexity index is 725. The van der Waals surface area contributed by atoms with Gasteiger partial charge in [0.2, 0.25) is 5.91 Å². The van der Waals surface area contributed by atoms with Crippen LogP contribution in [0.5, 0.6) is 11.5 Å². The van der Waals surface area contributed by atoms with Crippen LogP contribution in [0.25, 0.3) is 0 Å². The number of carbonyl (C=O) groups excluding carboxylic acids is 1. The maximum absolute atomic E-state index is 13.6. The van der Waals surface area contributed by atoms with Crippen molar-refractivity contribution in [3.05, 3.63) is 59.9 Å². The molecule has 0 saturated heterocycles. The number of halogens is 1. The number of para-hydroxylation sites is 1. The van der Waals surface area contributed by atoms with Gasteiger partial charge in [-0.15, -0.1) is 0 Å². The molecule has 0 aliphatic rings. The summed E-state index contributed by atoms with van der Waals surface area (Å²) < 4.78 is 30.0. The maximum Gasteiger partial charge on any atom is 0.248 e. The van der Waals surface area contributed by atoms with Gasteiger partial charge in [-0.25, -0.2) is 4.39 Å². The molecule has 7 heteroatoms. The number of rotatable bonds is 13. The first-order valence-corrected chi connectivity index (χ1v) is 9.21. The van der Waals surface area contributed by atoms with Crippen molar-refractivity contribution in [2.45, 2.75) is 6.42 Å². The lowest BCUT2D eigenvalue weighted by Gasteiger charge is -2.22. The molecule has 2 N–H and O–H groups in total. The molecule has 0 heterocycles. The normalized spacial score (nSPS) is 10.8. The molecule has 2 rings (SSSR count). The van der Waals surface area contributed by atoms with E-state index in [0.29, 0.717) is 37.7 Å². The largest absolute Gasteiger partial charge is 0.494 e. The van der Waals surface area contributed by atoms with Crippen LogP contribution in [0, 0.1) is 5.82 Å². The predicted octanol–water partition coefficient (Wildman–Crippen LogP) is 2.72. The number of carbonyl (C=O) groups is 1. The summed E-state index contributed by atoms with van der Waals surface area (Å²) in [5.74, 6) is 0.132. The summed E-state index contributed by atoms with van der Waals surface area (Å²) in [6, 6.07) is 13.1. The first-order chi connectivity index (χ1) is 13.6. The second-order valence-corrected chi connectivity index (χ2v) is 6.20. The van der Waals surface area contributed by atoms with Crippen LogP contribution in [0.2, 0.25) is 0 Å². The first-order valence-electron chi connectivity index (χ1n) is 9.21. The number of nitrogens with zero attached hydrogens (tertiary/aromatic N) is 1. The number of ether oxygens (including phenoxy) is 3. The molecule has 0 spiro atoms. The Kier molecular flexibility index (Phi) is 9.24. The van der Waals surface area contributed by atoms with Gasteiger partial charge in [0.05, 0.1) is 13.2 Å². The molecule has 0 fully saturated rings. The summed E-state index contributed by atoms with van der Waals surface area (Å²) in [6.07, 6.45) is 0.807. The Morgan fingerprint density at radius 3 is 2.36 bits per heavy atom. The fourth-order valence-corrected chi connectivity index (χ4v) is 2.60. The molecule has 6 nitrogen and oxygen atoms in total. The van der Waals surface area contributed by atoms with Gasteiger partial charge in [0.1, 0.15) is 12.4 Å². The molecular weight excluding hydrogens is 363 g/mol. The molecule has 0 saturated carbocycles. The van der Waals surface area contributed by atoms with Gasteiger partial charge in [0, 0.05) is 32.3 Å². The van der Waals surface area contributed by atoms with Crippen LogP contribution in [0.3, 0.4) is 0 Å². The molecule has 152 valence electrons. The third kappa shape index (κ3) is 7.54. The second kappa shape index (κ2) is 11.9. The van der Waals surface area contributed by atoms with E-state index in [1.165, 1.54) is 6.07 Å². The van der Waals surface area contributed by atoms with Crippen LogP contribution in [0.1, 0.15) is 16.8 Å². The maximum atomic E-state index is 13.6. The van der Waals surface area contributed by atoms with Gasteiger partial charge in [-0.1, -0.05) is 12.1 Å². The zero-order chi connectivity index (χ0) is 20.2. The van der Waals surface area contributed by atoms with Crippen molar-refractivity contribution in [3.8, 4) is 11.5 Å². The fraction of sp³-hybridized carbons (Fsp3) is 0.381. The smallest absolute Gasteiger partial charge is 0.248 e. The lowest BCUT2D eigenvalue weighted by molar-refractivity contribution is 0.1000. The zero-order valence-corrected chi connectivity index (χ0v) is 16.1. The number of amides is 1. The lowest BCUT2D eigenvalue weighted by Crippen LogP contribution is -2.33. The molecule has 2 aromatic rings. The van der Waals surface area contributed by atoms with Crippen LogP contribution in [-0.4, -0.2) is 57.4 Å². The van der Waals surface area contributed by atoms with Gasteiger partial charge >= 0.3 is 0 Å². The van der Waals surface area contributed by atoms with E-state index in [2.05, 4.69) is 4.90 Å². The molecule has 0 aliphatic carbocycles. The van der Waals surface area contributed by atoms with Crippen LogP contribution in [0.15, 0.2) is 48.5 Å². The summed E-state index contributed by atoms with van der Waals surface area (Å²) in [5.41, 5.74) is 5.67. The van der Waals surface area contributed by atoms with Gasteiger partial charge < -0.3 is 19.9 Å². The quantitative estimate of drug-likeness (QED) is 0.533. The Balaban J connectivity index is 1.72. The Morgan fingerprint density at radius 1 is 0.964 bits per heavy atom. The van der Waals surface area contributed by atoms with Crippen molar-refractivity contribution in [2.24, 2.45) is 5.73 Å². The molecule has 0 radical (unpaired) electrons. The van der Waals surface area contributed by atoms with E-state index in [1.54, 1.807) is 49.6 Å². The van der Waals surface area contributed by atoms with Crippen molar-refractivity contribution < 1.29 is 23.4 Å². The number of benzene rings is 2. The Hall–Kier alpha value is -2.64. The summed E-state index contributed by atoms with van der Waals surface area (Å²) >= 11 is 0. The molecule has 0 aliphatic heterocycles. The van der Waals surface area contributed by atoms with Gasteiger partial charge in [0.25, 0.3) is 0 Å². The first kappa shape index (κ1) is 21.7.